The summed E-state index contributed by atoms with van der Waals surface area (Å²) < 4.78 is 10.2. The summed E-state index contributed by atoms with van der Waals surface area (Å²) in [6.45, 7) is 1.57. The Bertz CT molecular complexity index is 793. The number of imide groups is 1. The molecule has 0 aliphatic carbocycles. The molecule has 1 aromatic rings. The van der Waals surface area contributed by atoms with Gasteiger partial charge < -0.3 is 14.4 Å². The monoisotopic (exact) mass is 356 g/mol. The Morgan fingerprint density at radius 1 is 1.27 bits per heavy atom. The average Bonchev–Trinajstić information content (AvgIpc) is 2.96. The summed E-state index contributed by atoms with van der Waals surface area (Å²) in [5.41, 5.74) is 2.12. The molecule has 0 spiro atoms. The van der Waals surface area contributed by atoms with Gasteiger partial charge in [-0.15, -0.1) is 0 Å². The normalized spacial score (nSPS) is 19.0. The number of rotatable bonds is 5. The number of methoxy groups -OCH3 is 1. The molecule has 1 atom stereocenters. The number of hydrogen-bond acceptors (Lipinski definition) is 5. The van der Waals surface area contributed by atoms with E-state index in [4.69, 9.17) is 9.47 Å². The molecule has 1 N–H and O–H groups in total. The zero-order valence-corrected chi connectivity index (χ0v) is 14.5. The molecule has 26 heavy (non-hydrogen) atoms. The van der Waals surface area contributed by atoms with Crippen LogP contribution >= 0.6 is 0 Å². The van der Waals surface area contributed by atoms with E-state index in [0.29, 0.717) is 31.7 Å². The predicted molar refractivity (Wildman–Crippen MR) is 92.1 cm³/mol. The topological polar surface area (TPSA) is 84.9 Å². The van der Waals surface area contributed by atoms with Crippen LogP contribution in [0.2, 0.25) is 0 Å². The number of carbonyl (C=O) groups excluding carboxylic acids is 3. The second-order valence-electron chi connectivity index (χ2n) is 6.08. The quantitative estimate of drug-likeness (QED) is 0.471. The first-order valence-corrected chi connectivity index (χ1v) is 8.44. The van der Waals surface area contributed by atoms with Gasteiger partial charge >= 0.3 is 0 Å². The van der Waals surface area contributed by atoms with Crippen molar-refractivity contribution in [2.24, 2.45) is 0 Å². The number of carbonyl (C=O) groups is 3. The van der Waals surface area contributed by atoms with Gasteiger partial charge in [0.15, 0.2) is 0 Å². The van der Waals surface area contributed by atoms with Crippen molar-refractivity contribution >= 4 is 17.7 Å². The molecule has 1 aromatic carbocycles. The molecule has 1 saturated heterocycles. The fourth-order valence-corrected chi connectivity index (χ4v) is 3.10. The minimum Gasteiger partial charge on any atom is -0.382 e. The van der Waals surface area contributed by atoms with Gasteiger partial charge in [0.1, 0.15) is 12.6 Å². The number of nitrogens with zero attached hydrogens (tertiary/aromatic N) is 1. The van der Waals surface area contributed by atoms with Gasteiger partial charge in [-0.25, -0.2) is 0 Å². The number of nitrogens with one attached hydrogen (secondary N) is 1. The third kappa shape index (κ3) is 3.77. The Kier molecular flexibility index (Phi) is 5.66. The summed E-state index contributed by atoms with van der Waals surface area (Å²) in [5.74, 6) is 5.06. The highest BCUT2D eigenvalue weighted by Gasteiger charge is 2.39. The number of ether oxygens (including phenoxy) is 2. The van der Waals surface area contributed by atoms with E-state index >= 15 is 0 Å². The molecular weight excluding hydrogens is 336 g/mol. The van der Waals surface area contributed by atoms with Crippen LogP contribution < -0.4 is 5.32 Å². The van der Waals surface area contributed by atoms with Crippen LogP contribution in [0.5, 0.6) is 0 Å². The number of piperidine rings is 1. The molecule has 0 bridgehead atoms. The lowest BCUT2D eigenvalue weighted by Crippen LogP contribution is -2.52. The molecule has 0 saturated carbocycles. The lowest BCUT2D eigenvalue weighted by Gasteiger charge is -2.29. The summed E-state index contributed by atoms with van der Waals surface area (Å²) in [7, 11) is 1.60. The minimum absolute atomic E-state index is 0.200. The van der Waals surface area contributed by atoms with E-state index in [2.05, 4.69) is 17.2 Å². The second kappa shape index (κ2) is 8.13. The van der Waals surface area contributed by atoms with Crippen molar-refractivity contribution in [1.82, 2.24) is 10.2 Å². The van der Waals surface area contributed by atoms with Crippen LogP contribution in [-0.2, 0) is 25.6 Å². The SMILES string of the molecule is COCCOCC#Cc1cccc2c1CN(C1CCC(=O)NC1=O)C2=O. The van der Waals surface area contributed by atoms with E-state index in [0.717, 1.165) is 11.1 Å². The van der Waals surface area contributed by atoms with Crippen LogP contribution in [0.15, 0.2) is 18.2 Å². The van der Waals surface area contributed by atoms with Crippen molar-refractivity contribution in [3.05, 3.63) is 34.9 Å². The van der Waals surface area contributed by atoms with Gasteiger partial charge in [0.2, 0.25) is 11.8 Å². The van der Waals surface area contributed by atoms with Gasteiger partial charge in [0.25, 0.3) is 5.91 Å². The average molecular weight is 356 g/mol. The molecule has 0 radical (unpaired) electrons. The highest BCUT2D eigenvalue weighted by Crippen LogP contribution is 2.29. The molecule has 7 heteroatoms. The third-order valence-electron chi connectivity index (χ3n) is 4.41. The molecule has 3 amide bonds. The maximum Gasteiger partial charge on any atom is 0.255 e. The zero-order chi connectivity index (χ0) is 18.5. The zero-order valence-electron chi connectivity index (χ0n) is 14.5. The number of amides is 3. The first-order valence-electron chi connectivity index (χ1n) is 8.44. The van der Waals surface area contributed by atoms with E-state index < -0.39 is 11.9 Å². The van der Waals surface area contributed by atoms with E-state index in [1.54, 1.807) is 19.2 Å². The van der Waals surface area contributed by atoms with E-state index in [9.17, 15) is 14.4 Å². The lowest BCUT2D eigenvalue weighted by atomic mass is 10.0. The van der Waals surface area contributed by atoms with Crippen molar-refractivity contribution in [2.45, 2.75) is 25.4 Å². The Hall–Kier alpha value is -2.69. The maximum absolute atomic E-state index is 12.7. The predicted octanol–water partition coefficient (Wildman–Crippen LogP) is 0.462. The van der Waals surface area contributed by atoms with Gasteiger partial charge in [0, 0.05) is 31.2 Å². The first kappa shape index (κ1) is 18.1. The first-order chi connectivity index (χ1) is 12.6. The third-order valence-corrected chi connectivity index (χ3v) is 4.41. The Morgan fingerprint density at radius 2 is 2.12 bits per heavy atom. The van der Waals surface area contributed by atoms with Crippen molar-refractivity contribution in [1.29, 1.82) is 0 Å². The van der Waals surface area contributed by atoms with Gasteiger partial charge in [-0.3, -0.25) is 19.7 Å². The summed E-state index contributed by atoms with van der Waals surface area (Å²) in [4.78, 5) is 37.6. The van der Waals surface area contributed by atoms with Crippen LogP contribution in [0.25, 0.3) is 0 Å². The van der Waals surface area contributed by atoms with Crippen LogP contribution in [0.1, 0.15) is 34.3 Å². The van der Waals surface area contributed by atoms with E-state index in [-0.39, 0.29) is 24.8 Å². The van der Waals surface area contributed by atoms with Crippen LogP contribution in [0.4, 0.5) is 0 Å². The highest BCUT2D eigenvalue weighted by molar-refractivity contribution is 6.05. The molecule has 0 aromatic heterocycles. The molecular formula is C19H20N2O5. The summed E-state index contributed by atoms with van der Waals surface area (Å²) >= 11 is 0. The smallest absolute Gasteiger partial charge is 0.255 e. The van der Waals surface area contributed by atoms with Crippen molar-refractivity contribution in [3.63, 3.8) is 0 Å². The molecule has 136 valence electrons. The van der Waals surface area contributed by atoms with Crippen molar-refractivity contribution in [2.75, 3.05) is 26.9 Å². The highest BCUT2D eigenvalue weighted by atomic mass is 16.5. The second-order valence-corrected chi connectivity index (χ2v) is 6.08. The largest absolute Gasteiger partial charge is 0.382 e. The minimum atomic E-state index is -0.620. The Balaban J connectivity index is 1.72. The molecule has 2 aliphatic heterocycles. The Morgan fingerprint density at radius 3 is 2.88 bits per heavy atom. The summed E-state index contributed by atoms with van der Waals surface area (Å²) in [5, 5.41) is 2.30. The molecule has 3 rings (SSSR count). The Labute approximate surface area is 151 Å². The van der Waals surface area contributed by atoms with Crippen molar-refractivity contribution in [3.8, 4) is 11.8 Å². The van der Waals surface area contributed by atoms with Gasteiger partial charge in [-0.05, 0) is 24.1 Å². The van der Waals surface area contributed by atoms with Gasteiger partial charge in [0.05, 0.1) is 13.2 Å². The fourth-order valence-electron chi connectivity index (χ4n) is 3.10. The lowest BCUT2D eigenvalue weighted by molar-refractivity contribution is -0.136. The van der Waals surface area contributed by atoms with E-state index in [1.807, 2.05) is 6.07 Å². The molecule has 1 fully saturated rings. The number of hydrogen-bond donors (Lipinski definition) is 1. The molecule has 2 heterocycles. The van der Waals surface area contributed by atoms with E-state index in [1.165, 1.54) is 4.90 Å². The summed E-state index contributed by atoms with van der Waals surface area (Å²) in [6, 6.07) is 4.75. The van der Waals surface area contributed by atoms with Gasteiger partial charge in [-0.1, -0.05) is 17.9 Å². The van der Waals surface area contributed by atoms with Crippen LogP contribution in [-0.4, -0.2) is 55.6 Å². The molecule has 2 aliphatic rings. The standard InChI is InChI=1S/C19H20N2O5/c1-25-10-11-26-9-3-5-13-4-2-6-14-15(13)12-21(19(14)24)16-7-8-17(22)20-18(16)23/h2,4,6,16H,7-12H2,1H3,(H,20,22,23). The van der Waals surface area contributed by atoms with Gasteiger partial charge in [-0.2, -0.15) is 0 Å². The number of fused-ring (bicyclic) bond motifs is 1. The maximum atomic E-state index is 12.7. The van der Waals surface area contributed by atoms with Crippen LogP contribution in [0, 0.1) is 11.8 Å². The van der Waals surface area contributed by atoms with Crippen molar-refractivity contribution < 1.29 is 23.9 Å². The molecule has 1 unspecified atom stereocenters. The van der Waals surface area contributed by atoms with Crippen LogP contribution in [0.3, 0.4) is 0 Å². The summed E-state index contributed by atoms with van der Waals surface area (Å²) in [6.07, 6.45) is 0.584. The fraction of sp³-hybridized carbons (Fsp3) is 0.421. The molecule has 7 nitrogen and oxygen atoms in total. The number of benzene rings is 1.